The Morgan fingerprint density at radius 2 is 1.85 bits per heavy atom. The summed E-state index contributed by atoms with van der Waals surface area (Å²) < 4.78 is 33.8. The van der Waals surface area contributed by atoms with Gasteiger partial charge < -0.3 is 9.47 Å². The minimum Gasteiger partial charge on any atom is -0.491 e. The molecule has 0 atom stereocenters. The fraction of sp³-hybridized carbons (Fsp3) is 0.571. The van der Waals surface area contributed by atoms with Crippen molar-refractivity contribution in [1.29, 1.82) is 0 Å². The van der Waals surface area contributed by atoms with E-state index in [0.29, 0.717) is 25.6 Å². The Morgan fingerprint density at radius 3 is 2.35 bits per heavy atom. The summed E-state index contributed by atoms with van der Waals surface area (Å²) in [6.07, 6.45) is 0. The van der Waals surface area contributed by atoms with Crippen LogP contribution in [0.2, 0.25) is 0 Å². The third-order valence-corrected chi connectivity index (χ3v) is 3.69. The van der Waals surface area contributed by atoms with E-state index in [1.54, 1.807) is 12.1 Å². The molecule has 0 aliphatic rings. The van der Waals surface area contributed by atoms with Crippen LogP contribution < -0.4 is 9.88 Å². The predicted octanol–water partition coefficient (Wildman–Crippen LogP) is 2.05. The number of primary sulfonamides is 1. The molecule has 0 saturated heterocycles. The van der Waals surface area contributed by atoms with E-state index >= 15 is 0 Å². The average Bonchev–Trinajstić information content (AvgIpc) is 2.32. The standard InChI is InChI=1S/C14H23NO4S/c1-5-18-8-9-19-13-7-6-11(20(15,16)17)10-12(13)14(2,3)4/h6-7,10H,5,8-9H2,1-4H3,(H2,15,16,17). The maximum atomic E-state index is 11.4. The van der Waals surface area contributed by atoms with Crippen molar-refractivity contribution in [1.82, 2.24) is 0 Å². The lowest BCUT2D eigenvalue weighted by atomic mass is 9.86. The second-order valence-corrected chi connectivity index (χ2v) is 7.06. The molecule has 0 fully saturated rings. The van der Waals surface area contributed by atoms with Crippen molar-refractivity contribution in [3.8, 4) is 5.75 Å². The summed E-state index contributed by atoms with van der Waals surface area (Å²) in [5.74, 6) is 0.657. The molecule has 0 heterocycles. The van der Waals surface area contributed by atoms with Gasteiger partial charge in [0.25, 0.3) is 0 Å². The zero-order chi connectivity index (χ0) is 15.4. The number of sulfonamides is 1. The van der Waals surface area contributed by atoms with Crippen LogP contribution in [0.4, 0.5) is 0 Å². The van der Waals surface area contributed by atoms with Crippen molar-refractivity contribution in [3.63, 3.8) is 0 Å². The maximum absolute atomic E-state index is 11.4. The molecule has 0 spiro atoms. The van der Waals surface area contributed by atoms with Crippen LogP contribution in [0.15, 0.2) is 23.1 Å². The van der Waals surface area contributed by atoms with Crippen LogP contribution in [-0.4, -0.2) is 28.2 Å². The molecule has 0 unspecified atom stereocenters. The van der Waals surface area contributed by atoms with Crippen molar-refractivity contribution < 1.29 is 17.9 Å². The fourth-order valence-electron chi connectivity index (χ4n) is 1.75. The third-order valence-electron chi connectivity index (χ3n) is 2.78. The topological polar surface area (TPSA) is 78.6 Å². The first-order valence-corrected chi connectivity index (χ1v) is 8.08. The zero-order valence-electron chi connectivity index (χ0n) is 12.5. The third kappa shape index (κ3) is 4.77. The first-order chi connectivity index (χ1) is 9.16. The summed E-state index contributed by atoms with van der Waals surface area (Å²) in [6, 6.07) is 4.68. The quantitative estimate of drug-likeness (QED) is 0.816. The molecule has 2 N–H and O–H groups in total. The second-order valence-electron chi connectivity index (χ2n) is 5.50. The van der Waals surface area contributed by atoms with Crippen molar-refractivity contribution in [2.45, 2.75) is 38.0 Å². The molecular formula is C14H23NO4S. The minimum atomic E-state index is -3.71. The summed E-state index contributed by atoms with van der Waals surface area (Å²) in [5, 5.41) is 5.17. The summed E-state index contributed by atoms with van der Waals surface area (Å²) in [4.78, 5) is 0.0968. The second kappa shape index (κ2) is 6.56. The highest BCUT2D eigenvalue weighted by molar-refractivity contribution is 7.89. The summed E-state index contributed by atoms with van der Waals surface area (Å²) in [5.41, 5.74) is 0.558. The van der Waals surface area contributed by atoms with Crippen LogP contribution in [0, 0.1) is 0 Å². The van der Waals surface area contributed by atoms with Crippen molar-refractivity contribution in [2.24, 2.45) is 5.14 Å². The molecule has 5 nitrogen and oxygen atoms in total. The van der Waals surface area contributed by atoms with Gasteiger partial charge >= 0.3 is 0 Å². The number of benzene rings is 1. The molecule has 0 radical (unpaired) electrons. The lowest BCUT2D eigenvalue weighted by molar-refractivity contribution is 0.109. The minimum absolute atomic E-state index is 0.0968. The molecule has 6 heteroatoms. The summed E-state index contributed by atoms with van der Waals surface area (Å²) in [6.45, 7) is 9.45. The van der Waals surface area contributed by atoms with Crippen LogP contribution in [0.1, 0.15) is 33.3 Å². The summed E-state index contributed by atoms with van der Waals surface area (Å²) in [7, 11) is -3.71. The van der Waals surface area contributed by atoms with Gasteiger partial charge in [-0.1, -0.05) is 20.8 Å². The molecule has 20 heavy (non-hydrogen) atoms. The first-order valence-electron chi connectivity index (χ1n) is 6.54. The normalized spacial score (nSPS) is 12.4. The van der Waals surface area contributed by atoms with Gasteiger partial charge in [-0.15, -0.1) is 0 Å². The van der Waals surface area contributed by atoms with E-state index in [4.69, 9.17) is 14.6 Å². The van der Waals surface area contributed by atoms with Crippen LogP contribution in [0.3, 0.4) is 0 Å². The Kier molecular flexibility index (Phi) is 5.56. The van der Waals surface area contributed by atoms with Gasteiger partial charge in [0.2, 0.25) is 10.0 Å². The largest absolute Gasteiger partial charge is 0.491 e. The Hall–Kier alpha value is -1.11. The van der Waals surface area contributed by atoms with E-state index in [1.807, 2.05) is 27.7 Å². The molecule has 1 aromatic carbocycles. The Morgan fingerprint density at radius 1 is 1.20 bits per heavy atom. The maximum Gasteiger partial charge on any atom is 0.238 e. The first kappa shape index (κ1) is 16.9. The highest BCUT2D eigenvalue weighted by Gasteiger charge is 2.22. The van der Waals surface area contributed by atoms with E-state index in [2.05, 4.69) is 0 Å². The van der Waals surface area contributed by atoms with Gasteiger partial charge in [-0.05, 0) is 30.5 Å². The van der Waals surface area contributed by atoms with Gasteiger partial charge in [0.1, 0.15) is 12.4 Å². The smallest absolute Gasteiger partial charge is 0.238 e. The van der Waals surface area contributed by atoms with Crippen molar-refractivity contribution in [3.05, 3.63) is 23.8 Å². The molecule has 1 rings (SSSR count). The van der Waals surface area contributed by atoms with Gasteiger partial charge in [-0.2, -0.15) is 0 Å². The molecule has 0 aliphatic carbocycles. The number of hydrogen-bond acceptors (Lipinski definition) is 4. The van der Waals surface area contributed by atoms with Gasteiger partial charge in [-0.25, -0.2) is 13.6 Å². The van der Waals surface area contributed by atoms with Gasteiger partial charge in [0, 0.05) is 12.2 Å². The lowest BCUT2D eigenvalue weighted by Gasteiger charge is -2.23. The zero-order valence-corrected chi connectivity index (χ0v) is 13.3. The average molecular weight is 301 g/mol. The van der Waals surface area contributed by atoms with Crippen molar-refractivity contribution >= 4 is 10.0 Å². The van der Waals surface area contributed by atoms with E-state index in [-0.39, 0.29) is 10.3 Å². The summed E-state index contributed by atoms with van der Waals surface area (Å²) >= 11 is 0. The number of ether oxygens (including phenoxy) is 2. The predicted molar refractivity (Wildman–Crippen MR) is 78.5 cm³/mol. The molecule has 0 aromatic heterocycles. The van der Waals surface area contributed by atoms with Gasteiger partial charge in [0.15, 0.2) is 0 Å². The highest BCUT2D eigenvalue weighted by Crippen LogP contribution is 2.33. The van der Waals surface area contributed by atoms with E-state index in [9.17, 15) is 8.42 Å². The molecule has 1 aromatic rings. The van der Waals surface area contributed by atoms with Gasteiger partial charge in [0.05, 0.1) is 11.5 Å². The lowest BCUT2D eigenvalue weighted by Crippen LogP contribution is -2.18. The highest BCUT2D eigenvalue weighted by atomic mass is 32.2. The Labute approximate surface area is 121 Å². The van der Waals surface area contributed by atoms with Crippen LogP contribution in [-0.2, 0) is 20.2 Å². The van der Waals surface area contributed by atoms with Gasteiger partial charge in [-0.3, -0.25) is 0 Å². The number of hydrogen-bond donors (Lipinski definition) is 1. The fourth-order valence-corrected chi connectivity index (χ4v) is 2.29. The molecule has 0 bridgehead atoms. The van der Waals surface area contributed by atoms with E-state index < -0.39 is 10.0 Å². The molecule has 114 valence electrons. The van der Waals surface area contributed by atoms with E-state index in [0.717, 1.165) is 5.56 Å². The van der Waals surface area contributed by atoms with Crippen LogP contribution in [0.25, 0.3) is 0 Å². The Balaban J connectivity index is 3.06. The monoisotopic (exact) mass is 301 g/mol. The SMILES string of the molecule is CCOCCOc1ccc(S(N)(=O)=O)cc1C(C)(C)C. The molecular weight excluding hydrogens is 278 g/mol. The number of rotatable bonds is 6. The van der Waals surface area contributed by atoms with Crippen LogP contribution in [0.5, 0.6) is 5.75 Å². The molecule has 0 aliphatic heterocycles. The Bertz CT molecular complexity index is 547. The van der Waals surface area contributed by atoms with E-state index in [1.165, 1.54) is 6.07 Å². The molecule has 0 saturated carbocycles. The molecule has 0 amide bonds. The van der Waals surface area contributed by atoms with Crippen molar-refractivity contribution in [2.75, 3.05) is 19.8 Å². The van der Waals surface area contributed by atoms with Crippen LogP contribution >= 0.6 is 0 Å². The number of nitrogens with two attached hydrogens (primary N) is 1.